The molecule has 0 spiro atoms. The van der Waals surface area contributed by atoms with E-state index in [1.54, 1.807) is 0 Å². The first kappa shape index (κ1) is 67.7. The first-order chi connectivity index (χ1) is 56.9. The molecule has 4 aliphatic carbocycles. The summed E-state index contributed by atoms with van der Waals surface area (Å²) in [6, 6.07) is 126. The van der Waals surface area contributed by atoms with Crippen LogP contribution >= 0.6 is 0 Å². The summed E-state index contributed by atoms with van der Waals surface area (Å²) in [5, 5.41) is 14.6. The van der Waals surface area contributed by atoms with Gasteiger partial charge in [0.1, 0.15) is 22.3 Å². The quantitative estimate of drug-likeness (QED) is 0.144. The number of rotatable bonds is 9. The van der Waals surface area contributed by atoms with Gasteiger partial charge in [-0.25, -0.2) is 0 Å². The second-order valence-corrected chi connectivity index (χ2v) is 35.6. The van der Waals surface area contributed by atoms with E-state index in [9.17, 15) is 0 Å². The van der Waals surface area contributed by atoms with Gasteiger partial charge in [0.2, 0.25) is 0 Å². The summed E-state index contributed by atoms with van der Waals surface area (Å²) in [5.41, 5.74) is 38.4. The van der Waals surface area contributed by atoms with Gasteiger partial charge in [-0.2, -0.15) is 0 Å². The van der Waals surface area contributed by atoms with Crippen molar-refractivity contribution in [1.29, 1.82) is 0 Å². The van der Waals surface area contributed by atoms with Crippen molar-refractivity contribution >= 4 is 121 Å². The largest absolute Gasteiger partial charge is 0.456 e. The molecule has 0 saturated carbocycles. The molecule has 0 bridgehead atoms. The Labute approximate surface area is 680 Å². The Morgan fingerprint density at radius 1 is 0.214 bits per heavy atom. The van der Waals surface area contributed by atoms with Gasteiger partial charge in [-0.05, 0) is 283 Å². The van der Waals surface area contributed by atoms with Crippen LogP contribution in [0.2, 0.25) is 0 Å². The molecule has 4 aliphatic rings. The van der Waals surface area contributed by atoms with Gasteiger partial charge in [0.15, 0.2) is 0 Å². The van der Waals surface area contributed by atoms with E-state index in [2.05, 4.69) is 406 Å². The Balaban J connectivity index is 0.580. The van der Waals surface area contributed by atoms with E-state index in [1.807, 2.05) is 0 Å². The maximum absolute atomic E-state index is 7.34. The Hall–Kier alpha value is -13.8. The van der Waals surface area contributed by atoms with Crippen molar-refractivity contribution < 1.29 is 8.83 Å². The normalized spacial score (nSPS) is 14.6. The summed E-state index contributed by atoms with van der Waals surface area (Å²) in [6.45, 7) is 21.4. The van der Waals surface area contributed by atoms with Crippen molar-refractivity contribution in [2.45, 2.75) is 84.0 Å². The minimum Gasteiger partial charge on any atom is -0.456 e. The van der Waals surface area contributed by atoms with Crippen LogP contribution in [-0.2, 0) is 21.7 Å². The van der Waals surface area contributed by atoms with Crippen molar-refractivity contribution in [3.63, 3.8) is 0 Å². The number of aryl methyl sites for hydroxylation is 1. The van der Waals surface area contributed by atoms with Gasteiger partial charge in [0, 0.05) is 82.8 Å². The molecule has 0 saturated heterocycles. The highest BCUT2D eigenvalue weighted by atomic mass is 16.3. The molecule has 0 aliphatic heterocycles. The molecule has 2 heterocycles. The van der Waals surface area contributed by atoms with Gasteiger partial charge in [-0.1, -0.05) is 273 Å². The van der Waals surface area contributed by atoms with Crippen LogP contribution in [0.15, 0.2) is 342 Å². The summed E-state index contributed by atoms with van der Waals surface area (Å²) in [6.07, 6.45) is 0. The lowest BCUT2D eigenvalue weighted by Gasteiger charge is -2.30. The second-order valence-electron chi connectivity index (χ2n) is 35.6. The van der Waals surface area contributed by atoms with Crippen molar-refractivity contribution in [1.82, 2.24) is 0 Å². The zero-order valence-electron chi connectivity index (χ0n) is 67.0. The zero-order chi connectivity index (χ0) is 78.4. The fraction of sp³-hybridized carbons (Fsp3) is 0.115. The standard InChI is InChI=1S/C113H82N2O2/c1-65-33-41-74(42-34-65)114(77-45-49-83-93-63-105-95(85-26-16-18-32-104(85)116-105)61-101(93)111(4,5)99(83)59-77)75-44-48-80-72(53-75)40-47-87-88-52-51-82-81(27-19-28-86(82)108(88)113(8,9)107(80)87)89-29-20-30-90-96-62-102-94(64-106(96)117-109(89)90)84-50-46-78(60-100(84)112(102,6)7)115(103-31-17-15-25-79(103)68-37-35-67(36-38-68)66-21-11-10-12-22-66)76-43-39-71-56-92-91-55-69-23-13-14-24-70(69)57-97(91)110(2,3)98(92)58-73(71)54-76/h10-64H,1-9H3. The first-order valence-electron chi connectivity index (χ1n) is 41.3. The van der Waals surface area contributed by atoms with Gasteiger partial charge < -0.3 is 18.6 Å². The SMILES string of the molecule is Cc1ccc(N(c2ccc3c(c2)C(C)(C)c2cc4c(cc2-3)oc2ccccc24)c2ccc3c4c(ccc3c2)-c2ccc3c(-c5cccc6c5oc5cc7c(cc56)C(C)(C)c5cc(N(c6ccc8cc9c(cc8c6)C(C)(C)c6cc8ccccc8cc6-9)c6ccccc6-c6ccc(-c8ccccc8)cc6)ccc5-7)cccc3c2C4(C)C)cc1. The van der Waals surface area contributed by atoms with Crippen LogP contribution in [0.3, 0.4) is 0 Å². The predicted octanol–water partition coefficient (Wildman–Crippen LogP) is 31.6. The lowest BCUT2D eigenvalue weighted by Crippen LogP contribution is -2.17. The third kappa shape index (κ3) is 9.70. The Morgan fingerprint density at radius 3 is 1.38 bits per heavy atom. The maximum Gasteiger partial charge on any atom is 0.143 e. The molecule has 117 heavy (non-hydrogen) atoms. The number of anilines is 6. The molecule has 0 atom stereocenters. The van der Waals surface area contributed by atoms with Crippen molar-refractivity contribution in [2.75, 3.05) is 9.80 Å². The molecular formula is C113H82N2O2. The Kier molecular flexibility index (Phi) is 14.0. The molecule has 20 aromatic rings. The number of benzene rings is 18. The van der Waals surface area contributed by atoms with E-state index in [4.69, 9.17) is 8.83 Å². The minimum atomic E-state index is -0.361. The highest BCUT2D eigenvalue weighted by molar-refractivity contribution is 6.16. The van der Waals surface area contributed by atoms with Crippen LogP contribution in [0.25, 0.3) is 165 Å². The van der Waals surface area contributed by atoms with Crippen LogP contribution in [0.5, 0.6) is 0 Å². The highest BCUT2D eigenvalue weighted by Gasteiger charge is 2.43. The fourth-order valence-corrected chi connectivity index (χ4v) is 21.7. The number of furan rings is 2. The third-order valence-electron chi connectivity index (χ3n) is 27.6. The van der Waals surface area contributed by atoms with E-state index < -0.39 is 0 Å². The van der Waals surface area contributed by atoms with Crippen LogP contribution in [0.1, 0.15) is 105 Å². The molecule has 18 aromatic carbocycles. The molecule has 4 nitrogen and oxygen atoms in total. The number of nitrogens with zero attached hydrogens (tertiary/aromatic N) is 2. The van der Waals surface area contributed by atoms with Crippen LogP contribution in [0, 0.1) is 6.92 Å². The van der Waals surface area contributed by atoms with Gasteiger partial charge >= 0.3 is 0 Å². The predicted molar refractivity (Wildman–Crippen MR) is 492 cm³/mol. The summed E-state index contributed by atoms with van der Waals surface area (Å²) >= 11 is 0. The van der Waals surface area contributed by atoms with Gasteiger partial charge in [0.05, 0.1) is 5.69 Å². The second kappa shape index (κ2) is 24.1. The first-order valence-corrected chi connectivity index (χ1v) is 41.3. The van der Waals surface area contributed by atoms with Crippen LogP contribution in [-0.4, -0.2) is 0 Å². The lowest BCUT2D eigenvalue weighted by molar-refractivity contribution is 0.657. The molecule has 4 heteroatoms. The van der Waals surface area contributed by atoms with E-state index in [1.165, 1.54) is 160 Å². The van der Waals surface area contributed by atoms with E-state index in [0.717, 1.165) is 89.3 Å². The summed E-state index contributed by atoms with van der Waals surface area (Å²) in [4.78, 5) is 4.96. The van der Waals surface area contributed by atoms with Crippen molar-refractivity contribution in [2.24, 2.45) is 0 Å². The fourth-order valence-electron chi connectivity index (χ4n) is 21.7. The minimum absolute atomic E-state index is 0.178. The number of para-hydroxylation sites is 3. The molecule has 24 rings (SSSR count). The molecule has 2 aromatic heterocycles. The monoisotopic (exact) mass is 1500 g/mol. The molecule has 0 radical (unpaired) electrons. The summed E-state index contributed by atoms with van der Waals surface area (Å²) in [7, 11) is 0. The van der Waals surface area contributed by atoms with Gasteiger partial charge in [-0.3, -0.25) is 0 Å². The third-order valence-corrected chi connectivity index (χ3v) is 27.6. The average Bonchev–Trinajstić information content (AvgIpc) is 1.56. The molecule has 0 amide bonds. The van der Waals surface area contributed by atoms with Crippen molar-refractivity contribution in [3.8, 4) is 77.9 Å². The highest BCUT2D eigenvalue weighted by Crippen LogP contribution is 2.60. The van der Waals surface area contributed by atoms with Crippen molar-refractivity contribution in [3.05, 3.63) is 384 Å². The zero-order valence-corrected chi connectivity index (χ0v) is 67.0. The topological polar surface area (TPSA) is 32.8 Å². The number of hydrogen-bond donors (Lipinski definition) is 0. The molecule has 0 fully saturated rings. The maximum atomic E-state index is 7.34. The lowest BCUT2D eigenvalue weighted by atomic mass is 9.78. The molecule has 0 N–H and O–H groups in total. The Bertz CT molecular complexity index is 7750. The van der Waals surface area contributed by atoms with E-state index in [-0.39, 0.29) is 21.7 Å². The molecular weight excluding hydrogens is 1420 g/mol. The smallest absolute Gasteiger partial charge is 0.143 e. The summed E-state index contributed by atoms with van der Waals surface area (Å²) in [5.74, 6) is 0. The number of hydrogen-bond acceptors (Lipinski definition) is 4. The van der Waals surface area contributed by atoms with Crippen LogP contribution in [0.4, 0.5) is 34.1 Å². The molecule has 556 valence electrons. The Morgan fingerprint density at radius 2 is 0.667 bits per heavy atom. The van der Waals surface area contributed by atoms with Gasteiger partial charge in [-0.15, -0.1) is 0 Å². The van der Waals surface area contributed by atoms with Gasteiger partial charge in [0.25, 0.3) is 0 Å². The van der Waals surface area contributed by atoms with E-state index >= 15 is 0 Å². The number of fused-ring (bicyclic) bond motifs is 24. The van der Waals surface area contributed by atoms with E-state index in [0.29, 0.717) is 0 Å². The average molecular weight is 1500 g/mol. The summed E-state index contributed by atoms with van der Waals surface area (Å²) < 4.78 is 13.8. The van der Waals surface area contributed by atoms with Crippen LogP contribution < -0.4 is 9.80 Å². The molecule has 0 unspecified atom stereocenters.